The molecule has 1 fully saturated rings. The third-order valence-electron chi connectivity index (χ3n) is 5.91. The van der Waals surface area contributed by atoms with Gasteiger partial charge >= 0.3 is 0 Å². The van der Waals surface area contributed by atoms with Crippen LogP contribution in [0.4, 0.5) is 0 Å². The molecule has 0 saturated carbocycles. The van der Waals surface area contributed by atoms with Crippen molar-refractivity contribution >= 4 is 22.7 Å². The fourth-order valence-electron chi connectivity index (χ4n) is 4.28. The molecule has 31 heavy (non-hydrogen) atoms. The highest BCUT2D eigenvalue weighted by Crippen LogP contribution is 2.32. The Kier molecular flexibility index (Phi) is 5.13. The van der Waals surface area contributed by atoms with E-state index < -0.39 is 0 Å². The van der Waals surface area contributed by atoms with E-state index in [2.05, 4.69) is 10.3 Å². The summed E-state index contributed by atoms with van der Waals surface area (Å²) in [4.78, 5) is 31.5. The van der Waals surface area contributed by atoms with Crippen LogP contribution in [0.15, 0.2) is 42.5 Å². The summed E-state index contributed by atoms with van der Waals surface area (Å²) < 4.78 is 5.36. The molecule has 2 aliphatic heterocycles. The first-order chi connectivity index (χ1) is 15.1. The van der Waals surface area contributed by atoms with Crippen LogP contribution < -0.4 is 5.32 Å². The first-order valence-electron chi connectivity index (χ1n) is 10.5. The molecule has 0 bridgehead atoms. The Morgan fingerprint density at radius 1 is 1.10 bits per heavy atom. The van der Waals surface area contributed by atoms with Gasteiger partial charge in [-0.2, -0.15) is 0 Å². The second kappa shape index (κ2) is 8.09. The largest absolute Gasteiger partial charge is 0.390 e. The second-order valence-electron chi connectivity index (χ2n) is 7.83. The molecule has 7 heteroatoms. The molecule has 3 heterocycles. The molecule has 3 aromatic rings. The van der Waals surface area contributed by atoms with Crippen molar-refractivity contribution < 1.29 is 19.4 Å². The van der Waals surface area contributed by atoms with Crippen molar-refractivity contribution in [2.45, 2.75) is 13.0 Å². The monoisotopic (exact) mass is 417 g/mol. The van der Waals surface area contributed by atoms with Gasteiger partial charge in [0.25, 0.3) is 11.8 Å². The van der Waals surface area contributed by atoms with Crippen LogP contribution in [-0.2, 0) is 17.8 Å². The molecule has 158 valence electrons. The number of aliphatic hydroxyl groups excluding tert-OH is 1. The molecular formula is C24H23N3O4. The minimum atomic E-state index is -0.176. The molecule has 0 spiro atoms. The van der Waals surface area contributed by atoms with E-state index in [1.807, 2.05) is 36.4 Å². The van der Waals surface area contributed by atoms with Gasteiger partial charge in [0.2, 0.25) is 0 Å². The Bertz CT molecular complexity index is 1180. The summed E-state index contributed by atoms with van der Waals surface area (Å²) in [5, 5.41) is 13.4. The maximum atomic E-state index is 13.0. The van der Waals surface area contributed by atoms with Crippen LogP contribution in [0.1, 0.15) is 32.0 Å². The van der Waals surface area contributed by atoms with Crippen molar-refractivity contribution in [3.8, 4) is 11.1 Å². The van der Waals surface area contributed by atoms with Crippen molar-refractivity contribution in [3.05, 3.63) is 64.8 Å². The number of hydrogen-bond acceptors (Lipinski definition) is 5. The van der Waals surface area contributed by atoms with Crippen molar-refractivity contribution in [1.82, 2.24) is 15.2 Å². The lowest BCUT2D eigenvalue weighted by molar-refractivity contribution is 0.0303. The number of aliphatic hydroxyl groups is 1. The molecule has 1 aromatic heterocycles. The Labute approximate surface area is 179 Å². The van der Waals surface area contributed by atoms with Gasteiger partial charge in [-0.15, -0.1) is 0 Å². The number of nitrogens with zero attached hydrogens (tertiary/aromatic N) is 2. The lowest BCUT2D eigenvalue weighted by Gasteiger charge is -2.27. The van der Waals surface area contributed by atoms with Crippen LogP contribution in [-0.4, -0.2) is 59.7 Å². The topological polar surface area (TPSA) is 91.8 Å². The highest BCUT2D eigenvalue weighted by atomic mass is 16.5. The zero-order chi connectivity index (χ0) is 21.4. The number of hydrogen-bond donors (Lipinski definition) is 2. The number of carbonyl (C=O) groups is 2. The van der Waals surface area contributed by atoms with E-state index >= 15 is 0 Å². The predicted molar refractivity (Wildman–Crippen MR) is 116 cm³/mol. The minimum Gasteiger partial charge on any atom is -0.390 e. The summed E-state index contributed by atoms with van der Waals surface area (Å²) in [6.45, 7) is 2.71. The SMILES string of the molecule is O=C1NCCc2cc(-c3cc(CO)nc4ccc(C(=O)N5CCOCC5)cc34)ccc21. The number of amides is 2. The molecule has 2 amide bonds. The minimum absolute atomic E-state index is 0.0236. The molecule has 7 nitrogen and oxygen atoms in total. The van der Waals surface area contributed by atoms with Crippen molar-refractivity contribution in [1.29, 1.82) is 0 Å². The van der Waals surface area contributed by atoms with Gasteiger partial charge in [0, 0.05) is 36.1 Å². The highest BCUT2D eigenvalue weighted by molar-refractivity contribution is 6.03. The van der Waals surface area contributed by atoms with E-state index in [1.54, 1.807) is 11.0 Å². The maximum Gasteiger partial charge on any atom is 0.254 e. The Morgan fingerprint density at radius 2 is 1.94 bits per heavy atom. The number of nitrogens with one attached hydrogen (secondary N) is 1. The van der Waals surface area contributed by atoms with E-state index in [9.17, 15) is 14.7 Å². The number of pyridine rings is 1. The van der Waals surface area contributed by atoms with Crippen molar-refractivity contribution in [3.63, 3.8) is 0 Å². The van der Waals surface area contributed by atoms with E-state index in [0.29, 0.717) is 49.7 Å². The van der Waals surface area contributed by atoms with Gasteiger partial charge < -0.3 is 20.1 Å². The third-order valence-corrected chi connectivity index (χ3v) is 5.91. The summed E-state index contributed by atoms with van der Waals surface area (Å²) in [6, 6.07) is 13.1. The predicted octanol–water partition coefficient (Wildman–Crippen LogP) is 2.15. The zero-order valence-corrected chi connectivity index (χ0v) is 17.1. The maximum absolute atomic E-state index is 13.0. The van der Waals surface area contributed by atoms with Crippen LogP contribution in [0.3, 0.4) is 0 Å². The number of morpholine rings is 1. The molecular weight excluding hydrogens is 394 g/mol. The highest BCUT2D eigenvalue weighted by Gasteiger charge is 2.21. The normalized spacial score (nSPS) is 16.2. The van der Waals surface area contributed by atoms with Crippen LogP contribution in [0.2, 0.25) is 0 Å². The first-order valence-corrected chi connectivity index (χ1v) is 10.5. The van der Waals surface area contributed by atoms with Gasteiger partial charge in [-0.1, -0.05) is 12.1 Å². The molecule has 0 radical (unpaired) electrons. The molecule has 5 rings (SSSR count). The molecule has 0 atom stereocenters. The van der Waals surface area contributed by atoms with E-state index in [1.165, 1.54) is 0 Å². The van der Waals surface area contributed by atoms with E-state index in [-0.39, 0.29) is 18.4 Å². The second-order valence-corrected chi connectivity index (χ2v) is 7.83. The van der Waals surface area contributed by atoms with Crippen LogP contribution >= 0.6 is 0 Å². The van der Waals surface area contributed by atoms with Gasteiger partial charge in [-0.3, -0.25) is 14.6 Å². The molecule has 2 aliphatic rings. The average molecular weight is 417 g/mol. The van der Waals surface area contributed by atoms with Gasteiger partial charge in [-0.25, -0.2) is 0 Å². The lowest BCUT2D eigenvalue weighted by Crippen LogP contribution is -2.40. The number of rotatable bonds is 3. The Balaban J connectivity index is 1.62. The van der Waals surface area contributed by atoms with E-state index in [0.717, 1.165) is 34.0 Å². The standard InChI is InChI=1S/C24H23N3O4/c28-14-18-13-20(15-1-3-19-16(11-15)5-6-25-23(19)29)21-12-17(2-4-22(21)26-18)24(30)27-7-9-31-10-8-27/h1-4,11-13,28H,5-10,14H2,(H,25,29). The number of ether oxygens (including phenoxy) is 1. The summed E-state index contributed by atoms with van der Waals surface area (Å²) in [5.41, 5.74) is 5.40. The number of aromatic nitrogens is 1. The Morgan fingerprint density at radius 3 is 2.74 bits per heavy atom. The van der Waals surface area contributed by atoms with Crippen molar-refractivity contribution in [2.75, 3.05) is 32.8 Å². The van der Waals surface area contributed by atoms with Gasteiger partial charge in [0.15, 0.2) is 0 Å². The summed E-state index contributed by atoms with van der Waals surface area (Å²) in [6.07, 6.45) is 0.769. The van der Waals surface area contributed by atoms with Gasteiger partial charge in [0.05, 0.1) is 31.0 Å². The van der Waals surface area contributed by atoms with Crippen LogP contribution in [0.25, 0.3) is 22.0 Å². The fraction of sp³-hybridized carbons (Fsp3) is 0.292. The van der Waals surface area contributed by atoms with Gasteiger partial charge in [-0.05, 0) is 53.4 Å². The Hall–Kier alpha value is -3.29. The number of benzene rings is 2. The molecule has 2 aromatic carbocycles. The van der Waals surface area contributed by atoms with Crippen LogP contribution in [0, 0.1) is 0 Å². The summed E-state index contributed by atoms with van der Waals surface area (Å²) in [5.74, 6) is -0.0775. The lowest BCUT2D eigenvalue weighted by atomic mass is 9.92. The number of carbonyl (C=O) groups excluding carboxylic acids is 2. The van der Waals surface area contributed by atoms with Crippen molar-refractivity contribution in [2.24, 2.45) is 0 Å². The smallest absolute Gasteiger partial charge is 0.254 e. The molecule has 0 unspecified atom stereocenters. The summed E-state index contributed by atoms with van der Waals surface area (Å²) >= 11 is 0. The quantitative estimate of drug-likeness (QED) is 0.681. The van der Waals surface area contributed by atoms with Gasteiger partial charge in [0.1, 0.15) is 0 Å². The van der Waals surface area contributed by atoms with E-state index in [4.69, 9.17) is 4.74 Å². The molecule has 0 aliphatic carbocycles. The zero-order valence-electron chi connectivity index (χ0n) is 17.1. The van der Waals surface area contributed by atoms with Crippen LogP contribution in [0.5, 0.6) is 0 Å². The molecule has 2 N–H and O–H groups in total. The first kappa shape index (κ1) is 19.7. The fourth-order valence-corrected chi connectivity index (χ4v) is 4.28. The third kappa shape index (κ3) is 3.66. The number of fused-ring (bicyclic) bond motifs is 2. The summed E-state index contributed by atoms with van der Waals surface area (Å²) in [7, 11) is 0. The molecule has 1 saturated heterocycles. The average Bonchev–Trinajstić information content (AvgIpc) is 2.83.